The van der Waals surface area contributed by atoms with E-state index in [0.29, 0.717) is 21.3 Å². The van der Waals surface area contributed by atoms with E-state index in [1.165, 1.54) is 28.7 Å². The molecule has 0 fully saturated rings. The lowest BCUT2D eigenvalue weighted by molar-refractivity contribution is -0.113. The van der Waals surface area contributed by atoms with Crippen molar-refractivity contribution in [2.45, 2.75) is 18.4 Å². The molecular weight excluding hydrogens is 525 g/mol. The fourth-order valence-corrected chi connectivity index (χ4v) is 5.52. The van der Waals surface area contributed by atoms with E-state index in [2.05, 4.69) is 40.3 Å². The average Bonchev–Trinajstić information content (AvgIpc) is 3.21. The number of hydrogen-bond acceptors (Lipinski definition) is 3. The second-order valence-electron chi connectivity index (χ2n) is 8.43. The number of nitrogens with one attached hydrogen (secondary N) is 2. The monoisotopic (exact) mass is 547 g/mol. The van der Waals surface area contributed by atoms with Crippen molar-refractivity contribution < 1.29 is 9.59 Å². The van der Waals surface area contributed by atoms with Crippen molar-refractivity contribution in [2.75, 3.05) is 16.4 Å². The summed E-state index contributed by atoms with van der Waals surface area (Å²) in [6, 6.07) is 26.4. The summed E-state index contributed by atoms with van der Waals surface area (Å²) in [7, 11) is 0. The molecule has 186 valence electrons. The number of thioether (sulfide) groups is 1. The maximum Gasteiger partial charge on any atom is 0.257 e. The molecular formula is C29H23Cl2N3O2S. The second kappa shape index (κ2) is 10.9. The average molecular weight is 548 g/mol. The van der Waals surface area contributed by atoms with Crippen LogP contribution in [0.2, 0.25) is 10.0 Å². The normalized spacial score (nSPS) is 11.1. The molecule has 0 atom stereocenters. The number of fused-ring (bicyclic) bond motifs is 3. The Hall–Kier alpha value is -3.45. The minimum atomic E-state index is -0.319. The number of hydrogen-bond donors (Lipinski definition) is 2. The summed E-state index contributed by atoms with van der Waals surface area (Å²) in [5.41, 5.74) is 4.09. The molecule has 0 radical (unpaired) electrons. The van der Waals surface area contributed by atoms with Crippen LogP contribution >= 0.6 is 35.0 Å². The standard InChI is InChI=1S/C29H23Cl2N3O2S/c1-2-34-26-6-4-3-5-22(26)24-16-20(10-14-27(24)34)32-28(35)17-37-21-11-8-19(9-12-21)33-29(36)23-13-7-18(30)15-25(23)31/h3-16H,2,17H2,1H3,(H,32,35)(H,33,36). The molecule has 0 saturated carbocycles. The lowest BCUT2D eigenvalue weighted by Crippen LogP contribution is -2.14. The Balaban J connectivity index is 1.20. The van der Waals surface area contributed by atoms with Gasteiger partial charge in [0, 0.05) is 49.6 Å². The molecule has 0 aliphatic heterocycles. The zero-order valence-corrected chi connectivity index (χ0v) is 22.3. The van der Waals surface area contributed by atoms with Crippen LogP contribution in [0.5, 0.6) is 0 Å². The van der Waals surface area contributed by atoms with Gasteiger partial charge in [-0.2, -0.15) is 0 Å². The number of anilines is 2. The number of carbonyl (C=O) groups excluding carboxylic acids is 2. The smallest absolute Gasteiger partial charge is 0.257 e. The molecule has 5 aromatic rings. The first-order valence-corrected chi connectivity index (χ1v) is 13.5. The summed E-state index contributed by atoms with van der Waals surface area (Å²) in [5.74, 6) is -0.139. The Morgan fingerprint density at radius 1 is 0.811 bits per heavy atom. The van der Waals surface area contributed by atoms with Gasteiger partial charge in [0.05, 0.1) is 16.3 Å². The number of para-hydroxylation sites is 1. The predicted octanol–water partition coefficient (Wildman–Crippen LogP) is 8.10. The molecule has 1 aromatic heterocycles. The molecule has 0 aliphatic carbocycles. The van der Waals surface area contributed by atoms with Crippen molar-refractivity contribution in [2.24, 2.45) is 0 Å². The van der Waals surface area contributed by atoms with Gasteiger partial charge in [0.1, 0.15) is 0 Å². The number of halogens is 2. The van der Waals surface area contributed by atoms with Crippen LogP contribution in [0.25, 0.3) is 21.8 Å². The highest BCUT2D eigenvalue weighted by molar-refractivity contribution is 8.00. The van der Waals surface area contributed by atoms with E-state index in [0.717, 1.165) is 28.0 Å². The minimum absolute atomic E-state index is 0.0849. The van der Waals surface area contributed by atoms with Crippen molar-refractivity contribution >= 4 is 80.0 Å². The van der Waals surface area contributed by atoms with E-state index in [1.807, 2.05) is 36.4 Å². The van der Waals surface area contributed by atoms with Gasteiger partial charge in [-0.1, -0.05) is 41.4 Å². The van der Waals surface area contributed by atoms with Gasteiger partial charge in [-0.3, -0.25) is 9.59 Å². The molecule has 1 heterocycles. The summed E-state index contributed by atoms with van der Waals surface area (Å²) in [5, 5.41) is 8.89. The third-order valence-electron chi connectivity index (χ3n) is 6.03. The minimum Gasteiger partial charge on any atom is -0.341 e. The van der Waals surface area contributed by atoms with E-state index in [4.69, 9.17) is 23.2 Å². The van der Waals surface area contributed by atoms with Crippen LogP contribution < -0.4 is 10.6 Å². The van der Waals surface area contributed by atoms with Crippen molar-refractivity contribution in [3.05, 3.63) is 101 Å². The number of nitrogens with zero attached hydrogens (tertiary/aromatic N) is 1. The lowest BCUT2D eigenvalue weighted by atomic mass is 10.1. The topological polar surface area (TPSA) is 63.1 Å². The van der Waals surface area contributed by atoms with Crippen molar-refractivity contribution in [3.8, 4) is 0 Å². The van der Waals surface area contributed by atoms with Gasteiger partial charge in [0.15, 0.2) is 0 Å². The molecule has 2 amide bonds. The van der Waals surface area contributed by atoms with Crippen molar-refractivity contribution in [1.29, 1.82) is 0 Å². The molecule has 8 heteroatoms. The van der Waals surface area contributed by atoms with Crippen molar-refractivity contribution in [3.63, 3.8) is 0 Å². The second-order valence-corrected chi connectivity index (χ2v) is 10.3. The fraction of sp³-hybridized carbons (Fsp3) is 0.103. The SMILES string of the molecule is CCn1c2ccccc2c2cc(NC(=O)CSc3ccc(NC(=O)c4ccc(Cl)cc4Cl)cc3)ccc21. The summed E-state index contributed by atoms with van der Waals surface area (Å²) in [4.78, 5) is 26.1. The van der Waals surface area contributed by atoms with Crippen LogP contribution in [0.15, 0.2) is 89.8 Å². The highest BCUT2D eigenvalue weighted by Crippen LogP contribution is 2.31. The van der Waals surface area contributed by atoms with E-state index < -0.39 is 0 Å². The van der Waals surface area contributed by atoms with E-state index >= 15 is 0 Å². The molecule has 4 aromatic carbocycles. The van der Waals surface area contributed by atoms with Gasteiger partial charge >= 0.3 is 0 Å². The quantitative estimate of drug-likeness (QED) is 0.202. The van der Waals surface area contributed by atoms with Gasteiger partial charge < -0.3 is 15.2 Å². The fourth-order valence-electron chi connectivity index (χ4n) is 4.32. The van der Waals surface area contributed by atoms with Crippen LogP contribution in [0, 0.1) is 0 Å². The van der Waals surface area contributed by atoms with Gasteiger partial charge in [-0.25, -0.2) is 0 Å². The number of aromatic nitrogens is 1. The van der Waals surface area contributed by atoms with E-state index in [9.17, 15) is 9.59 Å². The first-order chi connectivity index (χ1) is 17.9. The van der Waals surface area contributed by atoms with Gasteiger partial charge in [-0.05, 0) is 73.7 Å². The molecule has 2 N–H and O–H groups in total. The summed E-state index contributed by atoms with van der Waals surface area (Å²) >= 11 is 13.4. The first-order valence-electron chi connectivity index (χ1n) is 11.7. The molecule has 5 rings (SSSR count). The van der Waals surface area contributed by atoms with Gasteiger partial charge in [0.2, 0.25) is 5.91 Å². The molecule has 5 nitrogen and oxygen atoms in total. The molecule has 0 bridgehead atoms. The Labute approximate surface area is 228 Å². The van der Waals surface area contributed by atoms with Gasteiger partial charge in [-0.15, -0.1) is 11.8 Å². The van der Waals surface area contributed by atoms with Crippen LogP contribution in [0.3, 0.4) is 0 Å². The maximum atomic E-state index is 12.7. The Kier molecular flexibility index (Phi) is 7.42. The third-order valence-corrected chi connectivity index (χ3v) is 7.59. The highest BCUT2D eigenvalue weighted by atomic mass is 35.5. The van der Waals surface area contributed by atoms with E-state index in [-0.39, 0.29) is 17.6 Å². The molecule has 37 heavy (non-hydrogen) atoms. The number of benzene rings is 4. The number of aryl methyl sites for hydroxylation is 1. The summed E-state index contributed by atoms with van der Waals surface area (Å²) in [6.07, 6.45) is 0. The van der Waals surface area contributed by atoms with E-state index in [1.54, 1.807) is 24.3 Å². The Morgan fingerprint density at radius 2 is 1.54 bits per heavy atom. The molecule has 0 aliphatic rings. The summed E-state index contributed by atoms with van der Waals surface area (Å²) in [6.45, 7) is 3.01. The number of rotatable bonds is 7. The van der Waals surface area contributed by atoms with Crippen LogP contribution in [0.4, 0.5) is 11.4 Å². The Morgan fingerprint density at radius 3 is 2.30 bits per heavy atom. The molecule has 0 unspecified atom stereocenters. The number of carbonyl (C=O) groups is 2. The lowest BCUT2D eigenvalue weighted by Gasteiger charge is -2.09. The van der Waals surface area contributed by atoms with Crippen molar-refractivity contribution in [1.82, 2.24) is 4.57 Å². The van der Waals surface area contributed by atoms with Crippen LogP contribution in [-0.4, -0.2) is 22.1 Å². The zero-order valence-electron chi connectivity index (χ0n) is 19.9. The first kappa shape index (κ1) is 25.2. The largest absolute Gasteiger partial charge is 0.341 e. The summed E-state index contributed by atoms with van der Waals surface area (Å²) < 4.78 is 2.28. The van der Waals surface area contributed by atoms with Crippen LogP contribution in [0.1, 0.15) is 17.3 Å². The maximum absolute atomic E-state index is 12.7. The van der Waals surface area contributed by atoms with Crippen LogP contribution in [-0.2, 0) is 11.3 Å². The number of amides is 2. The Bertz CT molecular complexity index is 1630. The van der Waals surface area contributed by atoms with Gasteiger partial charge in [0.25, 0.3) is 5.91 Å². The predicted molar refractivity (Wildman–Crippen MR) is 155 cm³/mol. The third kappa shape index (κ3) is 5.47. The molecule has 0 saturated heterocycles. The highest BCUT2D eigenvalue weighted by Gasteiger charge is 2.13. The zero-order chi connectivity index (χ0) is 25.9. The molecule has 0 spiro atoms.